The van der Waals surface area contributed by atoms with E-state index in [9.17, 15) is 19.4 Å². The minimum absolute atomic E-state index is 0.222. The predicted molar refractivity (Wildman–Crippen MR) is 46.4 cm³/mol. The number of hydrogen-bond acceptors (Lipinski definition) is 3. The zero-order valence-corrected chi connectivity index (χ0v) is 7.77. The molecule has 0 saturated carbocycles. The van der Waals surface area contributed by atoms with Gasteiger partial charge in [0.1, 0.15) is 10.9 Å². The van der Waals surface area contributed by atoms with E-state index < -0.39 is 21.2 Å². The minimum Gasteiger partial charge on any atom is -0.155 e. The molecule has 0 saturated heterocycles. The van der Waals surface area contributed by atoms with E-state index in [4.69, 9.17) is 0 Å². The quantitative estimate of drug-likeness (QED) is 0.628. The Morgan fingerprint density at radius 3 is 2.40 bits per heavy atom. The highest BCUT2D eigenvalue weighted by atomic mass is 32.5. The Morgan fingerprint density at radius 2 is 1.80 bits per heavy atom. The van der Waals surface area contributed by atoms with Crippen LogP contribution < -0.4 is 0 Å². The van der Waals surface area contributed by atoms with Crippen molar-refractivity contribution in [2.75, 3.05) is 0 Å². The molecule has 1 heterocycles. The zero-order valence-electron chi connectivity index (χ0n) is 6.95. The summed E-state index contributed by atoms with van der Waals surface area (Å²) in [7, 11) is -9.61. The van der Waals surface area contributed by atoms with Gasteiger partial charge in [-0.3, -0.25) is 0 Å². The first kappa shape index (κ1) is 10.3. The summed E-state index contributed by atoms with van der Waals surface area (Å²) in [6.45, 7) is 0. The molecular formula is C6H4F5N3S. The van der Waals surface area contributed by atoms with Crippen molar-refractivity contribution in [1.82, 2.24) is 0 Å². The predicted octanol–water partition coefficient (Wildman–Crippen LogP) is 3.93. The third-order valence-electron chi connectivity index (χ3n) is 1.82. The van der Waals surface area contributed by atoms with Crippen molar-refractivity contribution in [1.29, 1.82) is 0 Å². The van der Waals surface area contributed by atoms with Crippen molar-refractivity contribution in [2.45, 2.75) is 6.04 Å². The van der Waals surface area contributed by atoms with Crippen LogP contribution in [0.25, 0.3) is 0 Å². The average molecular weight is 245 g/mol. The number of halogens is 5. The number of fused-ring (bicyclic) bond motifs is 1. The molecule has 0 fully saturated rings. The Balaban J connectivity index is 2.49. The fourth-order valence-corrected chi connectivity index (χ4v) is 1.80. The lowest BCUT2D eigenvalue weighted by Crippen LogP contribution is -2.18. The van der Waals surface area contributed by atoms with E-state index in [0.717, 1.165) is 6.08 Å². The van der Waals surface area contributed by atoms with Gasteiger partial charge in [-0.05, 0) is 17.4 Å². The van der Waals surface area contributed by atoms with E-state index >= 15 is 0 Å². The zero-order chi connectivity index (χ0) is 11.4. The van der Waals surface area contributed by atoms with Gasteiger partial charge in [-0.2, -0.15) is 5.11 Å². The first-order valence-electron chi connectivity index (χ1n) is 3.68. The van der Waals surface area contributed by atoms with Gasteiger partial charge in [0.05, 0.1) is 5.71 Å². The van der Waals surface area contributed by atoms with Crippen LogP contribution in [0, 0.1) is 0 Å². The lowest BCUT2D eigenvalue weighted by molar-refractivity contribution is 0.380. The molecule has 0 N–H and O–H groups in total. The maximum Gasteiger partial charge on any atom is 0.310 e. The van der Waals surface area contributed by atoms with E-state index in [1.165, 1.54) is 0 Å². The van der Waals surface area contributed by atoms with Crippen LogP contribution in [-0.2, 0) is 0 Å². The van der Waals surface area contributed by atoms with Crippen molar-refractivity contribution in [3.8, 4) is 0 Å². The summed E-state index contributed by atoms with van der Waals surface area (Å²) in [6, 6.07) is -0.770. The van der Waals surface area contributed by atoms with Crippen LogP contribution in [0.5, 0.6) is 0 Å². The van der Waals surface area contributed by atoms with Crippen molar-refractivity contribution >= 4 is 15.9 Å². The van der Waals surface area contributed by atoms with Crippen LogP contribution in [0.3, 0.4) is 0 Å². The van der Waals surface area contributed by atoms with E-state index in [0.29, 0.717) is 6.08 Å². The number of allylic oxidation sites excluding steroid dienone is 1. The fraction of sp³-hybridized carbons (Fsp3) is 0.167. The van der Waals surface area contributed by atoms with Crippen LogP contribution in [0.1, 0.15) is 0 Å². The lowest BCUT2D eigenvalue weighted by atomic mass is 10.1. The summed E-state index contributed by atoms with van der Waals surface area (Å²) in [5, 5.41) is 9.73. The van der Waals surface area contributed by atoms with Gasteiger partial charge in [0.25, 0.3) is 0 Å². The highest BCUT2D eigenvalue weighted by Gasteiger charge is 2.66. The highest BCUT2D eigenvalue weighted by Crippen LogP contribution is 3.02. The molecule has 0 aromatic rings. The summed E-state index contributed by atoms with van der Waals surface area (Å²) in [4.78, 5) is -1.96. The average Bonchev–Trinajstić information content (AvgIpc) is 2.45. The SMILES string of the molecule is FS(F)(F)(F)(F)C1=CC2=NN=N[C@H]2C=C1. The minimum atomic E-state index is -9.61. The van der Waals surface area contributed by atoms with Crippen molar-refractivity contribution in [3.63, 3.8) is 0 Å². The van der Waals surface area contributed by atoms with Crippen molar-refractivity contribution in [2.24, 2.45) is 15.4 Å². The monoisotopic (exact) mass is 245 g/mol. The summed E-state index contributed by atoms with van der Waals surface area (Å²) >= 11 is 0. The molecule has 1 aliphatic carbocycles. The number of nitrogens with zero attached hydrogens (tertiary/aromatic N) is 3. The van der Waals surface area contributed by atoms with Gasteiger partial charge in [0.2, 0.25) is 0 Å². The molecule has 1 aliphatic heterocycles. The maximum absolute atomic E-state index is 12.3. The van der Waals surface area contributed by atoms with Gasteiger partial charge < -0.3 is 0 Å². The van der Waals surface area contributed by atoms with Crippen LogP contribution in [0.15, 0.2) is 38.6 Å². The molecule has 0 amide bonds. The molecule has 0 aromatic carbocycles. The van der Waals surface area contributed by atoms with E-state index in [1.54, 1.807) is 0 Å². The van der Waals surface area contributed by atoms with Crippen molar-refractivity contribution < 1.29 is 19.4 Å². The molecule has 0 spiro atoms. The first-order valence-corrected chi connectivity index (χ1v) is 5.63. The van der Waals surface area contributed by atoms with Crippen LogP contribution in [0.4, 0.5) is 19.4 Å². The van der Waals surface area contributed by atoms with Crippen LogP contribution >= 0.6 is 10.2 Å². The molecule has 0 radical (unpaired) electrons. The van der Waals surface area contributed by atoms with Gasteiger partial charge in [0, 0.05) is 0 Å². The summed E-state index contributed by atoms with van der Waals surface area (Å²) in [5.41, 5.74) is -0.222. The standard InChI is InChI=1S/C6H4F5N3S/c7-15(8,9,10,11)4-1-2-5-6(3-4)13-14-12-5/h1-3,5H/t5-/m0/s1. The van der Waals surface area contributed by atoms with Gasteiger partial charge in [0.15, 0.2) is 0 Å². The van der Waals surface area contributed by atoms with Crippen molar-refractivity contribution in [3.05, 3.63) is 23.1 Å². The van der Waals surface area contributed by atoms with Gasteiger partial charge in [-0.1, -0.05) is 25.5 Å². The number of rotatable bonds is 1. The van der Waals surface area contributed by atoms with E-state index in [-0.39, 0.29) is 11.8 Å². The Bertz CT molecular complexity index is 442. The van der Waals surface area contributed by atoms with Gasteiger partial charge >= 0.3 is 10.2 Å². The molecule has 9 heteroatoms. The molecule has 0 bridgehead atoms. The summed E-state index contributed by atoms with van der Waals surface area (Å²) in [5.74, 6) is 0. The lowest BCUT2D eigenvalue weighted by Gasteiger charge is -2.42. The Hall–Kier alpha value is -1.25. The molecule has 3 nitrogen and oxygen atoms in total. The van der Waals surface area contributed by atoms with Crippen LogP contribution in [0.2, 0.25) is 0 Å². The molecule has 2 rings (SSSR count). The second kappa shape index (κ2) is 2.13. The van der Waals surface area contributed by atoms with E-state index in [1.807, 2.05) is 0 Å². The number of hydrogen-bond donors (Lipinski definition) is 0. The molecular weight excluding hydrogens is 241 g/mol. The second-order valence-corrected chi connectivity index (χ2v) is 5.46. The Kier molecular flexibility index (Phi) is 1.46. The summed E-state index contributed by atoms with van der Waals surface area (Å²) in [6.07, 6.45) is 1.49. The Labute approximate surface area is 80.8 Å². The normalized spacial score (nSPS) is 29.0. The van der Waals surface area contributed by atoms with Gasteiger partial charge in [-0.25, -0.2) is 0 Å². The maximum atomic E-state index is 12.3. The third-order valence-corrected chi connectivity index (χ3v) is 2.96. The molecule has 0 unspecified atom stereocenters. The second-order valence-electron chi connectivity index (χ2n) is 3.05. The molecule has 2 aliphatic rings. The smallest absolute Gasteiger partial charge is 0.155 e. The van der Waals surface area contributed by atoms with Gasteiger partial charge in [-0.15, -0.1) is 5.10 Å². The molecule has 1 atom stereocenters. The van der Waals surface area contributed by atoms with Crippen LogP contribution in [-0.4, -0.2) is 11.8 Å². The molecule has 0 aromatic heterocycles. The Morgan fingerprint density at radius 1 is 1.13 bits per heavy atom. The fourth-order valence-electron chi connectivity index (χ4n) is 1.12. The molecule has 84 valence electrons. The highest BCUT2D eigenvalue weighted by molar-refractivity contribution is 8.48. The van der Waals surface area contributed by atoms with E-state index in [2.05, 4.69) is 15.4 Å². The third kappa shape index (κ3) is 1.91. The largest absolute Gasteiger partial charge is 0.310 e. The summed E-state index contributed by atoms with van der Waals surface area (Å²) < 4.78 is 61.6. The topological polar surface area (TPSA) is 37.1 Å². The first-order chi connectivity index (χ1) is 6.56. The molecule has 15 heavy (non-hydrogen) atoms.